The number of benzene rings is 2. The smallest absolute Gasteiger partial charge is 0.253 e. The fourth-order valence-corrected chi connectivity index (χ4v) is 4.81. The van der Waals surface area contributed by atoms with Crippen LogP contribution in [0.5, 0.6) is 0 Å². The van der Waals surface area contributed by atoms with E-state index in [9.17, 15) is 9.59 Å². The van der Waals surface area contributed by atoms with Crippen LogP contribution in [0.2, 0.25) is 10.0 Å². The predicted molar refractivity (Wildman–Crippen MR) is 133 cm³/mol. The third kappa shape index (κ3) is 6.59. The van der Waals surface area contributed by atoms with Crippen molar-refractivity contribution in [1.29, 1.82) is 0 Å². The molecule has 0 aliphatic heterocycles. The molecule has 0 fully saturated rings. The van der Waals surface area contributed by atoms with Gasteiger partial charge in [0, 0.05) is 17.1 Å². The first-order chi connectivity index (χ1) is 15.8. The topological polar surface area (TPSA) is 76.9 Å². The quantitative estimate of drug-likeness (QED) is 0.266. The van der Waals surface area contributed by atoms with Gasteiger partial charge in [-0.2, -0.15) is 0 Å². The molecule has 3 aromatic rings. The Hall–Kier alpha value is -2.35. The Balaban J connectivity index is 1.80. The Morgan fingerprint density at radius 3 is 2.45 bits per heavy atom. The molecule has 0 saturated heterocycles. The van der Waals surface area contributed by atoms with Crippen molar-refractivity contribution in [3.8, 4) is 0 Å². The molecule has 174 valence electrons. The molecule has 9 heteroatoms. The summed E-state index contributed by atoms with van der Waals surface area (Å²) < 4.78 is 1.94. The minimum atomic E-state index is -0.365. The standard InChI is InChI=1S/C24H26Cl2N4O2S/c1-4-30-22(28-29-24(30)33-14-21(31)16-8-6-5-7-9-16)20(12-15(2)3)27-23(32)18-11-10-17(25)13-19(18)26/h5-11,13,15,20H,4,12,14H2,1-3H3,(H,27,32)/t20-/m1/s1. The molecule has 1 atom stereocenters. The van der Waals surface area contributed by atoms with Gasteiger partial charge >= 0.3 is 0 Å². The fraction of sp³-hybridized carbons (Fsp3) is 0.333. The van der Waals surface area contributed by atoms with Crippen LogP contribution in [0.15, 0.2) is 53.7 Å². The molecule has 1 heterocycles. The predicted octanol–water partition coefficient (Wildman–Crippen LogP) is 6.10. The monoisotopic (exact) mass is 504 g/mol. The van der Waals surface area contributed by atoms with Crippen molar-refractivity contribution in [2.45, 2.75) is 44.9 Å². The zero-order chi connectivity index (χ0) is 24.0. The molecule has 3 rings (SSSR count). The fourth-order valence-electron chi connectivity index (χ4n) is 3.41. The lowest BCUT2D eigenvalue weighted by Crippen LogP contribution is -2.31. The van der Waals surface area contributed by atoms with Gasteiger partial charge in [-0.05, 0) is 37.5 Å². The second-order valence-electron chi connectivity index (χ2n) is 7.94. The SMILES string of the molecule is CCn1c(SCC(=O)c2ccccc2)nnc1[C@@H](CC(C)C)NC(=O)c1ccc(Cl)cc1Cl. The third-order valence-corrected chi connectivity index (χ3v) is 6.50. The van der Waals surface area contributed by atoms with Gasteiger partial charge in [0.05, 0.1) is 22.4 Å². The number of hydrogen-bond donors (Lipinski definition) is 1. The Labute approximate surface area is 208 Å². The summed E-state index contributed by atoms with van der Waals surface area (Å²) in [6.45, 7) is 6.75. The summed E-state index contributed by atoms with van der Waals surface area (Å²) in [5, 5.41) is 13.2. The van der Waals surface area contributed by atoms with Crippen LogP contribution in [0.25, 0.3) is 0 Å². The summed E-state index contributed by atoms with van der Waals surface area (Å²) in [5.41, 5.74) is 1.01. The molecule has 1 aromatic heterocycles. The minimum absolute atomic E-state index is 0.0252. The van der Waals surface area contributed by atoms with E-state index < -0.39 is 0 Å². The average molecular weight is 505 g/mol. The number of halogens is 2. The molecular formula is C24H26Cl2N4O2S. The van der Waals surface area contributed by atoms with Crippen LogP contribution in [-0.4, -0.2) is 32.2 Å². The lowest BCUT2D eigenvalue weighted by atomic mass is 10.0. The lowest BCUT2D eigenvalue weighted by molar-refractivity contribution is 0.0928. The summed E-state index contributed by atoms with van der Waals surface area (Å²) in [6.07, 6.45) is 0.669. The van der Waals surface area contributed by atoms with Crippen molar-refractivity contribution in [1.82, 2.24) is 20.1 Å². The zero-order valence-electron chi connectivity index (χ0n) is 18.7. The maximum Gasteiger partial charge on any atom is 0.253 e. The Morgan fingerprint density at radius 2 is 1.82 bits per heavy atom. The van der Waals surface area contributed by atoms with Gasteiger partial charge in [-0.25, -0.2) is 0 Å². The van der Waals surface area contributed by atoms with Crippen molar-refractivity contribution in [2.24, 2.45) is 5.92 Å². The molecule has 0 aliphatic rings. The molecule has 2 aromatic carbocycles. The molecule has 1 N–H and O–H groups in total. The molecule has 0 saturated carbocycles. The summed E-state index contributed by atoms with van der Waals surface area (Å²) in [6, 6.07) is 13.6. The van der Waals surface area contributed by atoms with E-state index in [4.69, 9.17) is 23.2 Å². The number of thioether (sulfide) groups is 1. The highest BCUT2D eigenvalue weighted by Gasteiger charge is 2.25. The number of rotatable bonds is 10. The zero-order valence-corrected chi connectivity index (χ0v) is 21.0. The normalized spacial score (nSPS) is 12.1. The van der Waals surface area contributed by atoms with E-state index in [1.165, 1.54) is 11.8 Å². The van der Waals surface area contributed by atoms with E-state index in [0.29, 0.717) is 46.0 Å². The molecule has 0 radical (unpaired) electrons. The maximum atomic E-state index is 13.0. The minimum Gasteiger partial charge on any atom is -0.342 e. The van der Waals surface area contributed by atoms with Gasteiger partial charge < -0.3 is 9.88 Å². The van der Waals surface area contributed by atoms with Gasteiger partial charge in [-0.1, -0.05) is 79.1 Å². The lowest BCUT2D eigenvalue weighted by Gasteiger charge is -2.21. The van der Waals surface area contributed by atoms with Crippen molar-refractivity contribution in [2.75, 3.05) is 5.75 Å². The molecule has 0 unspecified atom stereocenters. The van der Waals surface area contributed by atoms with Crippen LogP contribution in [0.4, 0.5) is 0 Å². The Kier molecular flexibility index (Phi) is 8.95. The van der Waals surface area contributed by atoms with Crippen molar-refractivity contribution < 1.29 is 9.59 Å². The van der Waals surface area contributed by atoms with Crippen molar-refractivity contribution in [3.05, 3.63) is 75.5 Å². The summed E-state index contributed by atoms with van der Waals surface area (Å²) >= 11 is 13.5. The van der Waals surface area contributed by atoms with Gasteiger partial charge in [0.25, 0.3) is 5.91 Å². The first kappa shape index (κ1) is 25.3. The second kappa shape index (κ2) is 11.7. The van der Waals surface area contributed by atoms with Gasteiger partial charge in [-0.3, -0.25) is 9.59 Å². The van der Waals surface area contributed by atoms with Crippen molar-refractivity contribution in [3.63, 3.8) is 0 Å². The summed E-state index contributed by atoms with van der Waals surface area (Å²) in [5.74, 6) is 0.927. The van der Waals surface area contributed by atoms with E-state index >= 15 is 0 Å². The van der Waals surface area contributed by atoms with Crippen LogP contribution < -0.4 is 5.32 Å². The molecule has 0 bridgehead atoms. The van der Waals surface area contributed by atoms with Crippen LogP contribution >= 0.6 is 35.0 Å². The van der Waals surface area contributed by atoms with E-state index in [2.05, 4.69) is 29.4 Å². The summed E-state index contributed by atoms with van der Waals surface area (Å²) in [7, 11) is 0. The van der Waals surface area contributed by atoms with E-state index in [0.717, 1.165) is 0 Å². The van der Waals surface area contributed by atoms with E-state index in [-0.39, 0.29) is 28.5 Å². The average Bonchev–Trinajstić information content (AvgIpc) is 3.20. The number of Topliss-reactive ketones (excluding diaryl/α,β-unsaturated/α-hetero) is 1. The number of nitrogens with zero attached hydrogens (tertiary/aromatic N) is 3. The first-order valence-electron chi connectivity index (χ1n) is 10.7. The van der Waals surface area contributed by atoms with Crippen LogP contribution in [0.1, 0.15) is 59.8 Å². The molecule has 0 spiro atoms. The second-order valence-corrected chi connectivity index (χ2v) is 9.73. The van der Waals surface area contributed by atoms with Gasteiger partial charge in [0.2, 0.25) is 0 Å². The number of carbonyl (C=O) groups is 2. The molecule has 33 heavy (non-hydrogen) atoms. The number of aromatic nitrogens is 3. The van der Waals surface area contributed by atoms with Gasteiger partial charge in [-0.15, -0.1) is 10.2 Å². The van der Waals surface area contributed by atoms with Crippen LogP contribution in [-0.2, 0) is 6.54 Å². The Bertz CT molecular complexity index is 1120. The van der Waals surface area contributed by atoms with Crippen LogP contribution in [0.3, 0.4) is 0 Å². The number of hydrogen-bond acceptors (Lipinski definition) is 5. The van der Waals surface area contributed by atoms with E-state index in [1.54, 1.807) is 30.3 Å². The highest BCUT2D eigenvalue weighted by Crippen LogP contribution is 2.27. The maximum absolute atomic E-state index is 13.0. The Morgan fingerprint density at radius 1 is 1.09 bits per heavy atom. The molecule has 6 nitrogen and oxygen atoms in total. The number of ketones is 1. The first-order valence-corrected chi connectivity index (χ1v) is 12.4. The molecule has 0 aliphatic carbocycles. The largest absolute Gasteiger partial charge is 0.342 e. The number of carbonyl (C=O) groups excluding carboxylic acids is 2. The number of amides is 1. The van der Waals surface area contributed by atoms with Gasteiger partial charge in [0.1, 0.15) is 0 Å². The number of nitrogens with one attached hydrogen (secondary N) is 1. The van der Waals surface area contributed by atoms with Crippen molar-refractivity contribution >= 4 is 46.7 Å². The third-order valence-electron chi connectivity index (χ3n) is 4.99. The summed E-state index contributed by atoms with van der Waals surface area (Å²) in [4.78, 5) is 25.5. The molecule has 1 amide bonds. The highest BCUT2D eigenvalue weighted by molar-refractivity contribution is 7.99. The highest BCUT2D eigenvalue weighted by atomic mass is 35.5. The van der Waals surface area contributed by atoms with Gasteiger partial charge in [0.15, 0.2) is 16.8 Å². The van der Waals surface area contributed by atoms with Crippen LogP contribution in [0, 0.1) is 5.92 Å². The molecular weight excluding hydrogens is 479 g/mol. The van der Waals surface area contributed by atoms with E-state index in [1.807, 2.05) is 29.7 Å².